The van der Waals surface area contributed by atoms with E-state index in [-0.39, 0.29) is 31.0 Å². The van der Waals surface area contributed by atoms with Crippen LogP contribution in [0.2, 0.25) is 0 Å². The average Bonchev–Trinajstić information content (AvgIpc) is 2.84. The van der Waals surface area contributed by atoms with Gasteiger partial charge in [-0.05, 0) is 35.1 Å². The van der Waals surface area contributed by atoms with Crippen molar-refractivity contribution in [2.24, 2.45) is 11.7 Å². The first-order chi connectivity index (χ1) is 17.1. The zero-order valence-corrected chi connectivity index (χ0v) is 20.9. The Bertz CT molecular complexity index is 1300. The van der Waals surface area contributed by atoms with Crippen LogP contribution in [0.15, 0.2) is 64.2 Å². The molecule has 0 saturated heterocycles. The van der Waals surface area contributed by atoms with Gasteiger partial charge in [0.05, 0.1) is 6.61 Å². The summed E-state index contributed by atoms with van der Waals surface area (Å²) in [6.07, 6.45) is 0.291. The lowest BCUT2D eigenvalue weighted by Gasteiger charge is -2.22. The van der Waals surface area contributed by atoms with Crippen LogP contribution in [0.4, 0.5) is 4.39 Å². The van der Waals surface area contributed by atoms with Crippen LogP contribution >= 0.6 is 0 Å². The highest BCUT2D eigenvalue weighted by atomic mass is 19.1. The lowest BCUT2D eigenvalue weighted by atomic mass is 9.98. The van der Waals surface area contributed by atoms with Gasteiger partial charge in [0.2, 0.25) is 0 Å². The molecule has 0 aliphatic rings. The maximum absolute atomic E-state index is 13.5. The van der Waals surface area contributed by atoms with Crippen LogP contribution < -0.4 is 21.8 Å². The van der Waals surface area contributed by atoms with Crippen molar-refractivity contribution in [2.45, 2.75) is 59.4 Å². The molecule has 3 aromatic rings. The van der Waals surface area contributed by atoms with Crippen molar-refractivity contribution in [3.8, 4) is 0 Å². The third-order valence-corrected chi connectivity index (χ3v) is 5.82. The molecule has 2 N–H and O–H groups in total. The van der Waals surface area contributed by atoms with E-state index in [1.807, 2.05) is 44.2 Å². The molecule has 0 aliphatic heterocycles. The van der Waals surface area contributed by atoms with E-state index in [1.165, 1.54) is 16.7 Å². The lowest BCUT2D eigenvalue weighted by Crippen LogP contribution is -2.52. The number of nitrogens with two attached hydrogens (primary N) is 1. The van der Waals surface area contributed by atoms with Gasteiger partial charge in [-0.15, -0.1) is 0 Å². The molecule has 1 unspecified atom stereocenters. The normalized spacial score (nSPS) is 12.2. The Labute approximate surface area is 209 Å². The molecular formula is C27H32FN3O5. The van der Waals surface area contributed by atoms with Gasteiger partial charge in [0, 0.05) is 17.7 Å². The standard InChI is InChI=1S/C27H32FN3O5/c1-17(2)23-22(14-19-8-6-5-7-9-19)30(16-35-15-20-10-12-21(28)13-11-20)27(34)31(25(23)32)36-26(33)24(29)18(3)4/h5-13,17-18,24H,14-16,29H2,1-4H3. The summed E-state index contributed by atoms with van der Waals surface area (Å²) in [6.45, 7) is 7.01. The summed E-state index contributed by atoms with van der Waals surface area (Å²) in [6, 6.07) is 14.2. The molecule has 0 radical (unpaired) electrons. The van der Waals surface area contributed by atoms with Gasteiger partial charge in [0.15, 0.2) is 0 Å². The number of halogens is 1. The number of rotatable bonds is 10. The van der Waals surface area contributed by atoms with Crippen LogP contribution in [-0.4, -0.2) is 21.3 Å². The molecule has 9 heteroatoms. The zero-order valence-electron chi connectivity index (χ0n) is 20.9. The van der Waals surface area contributed by atoms with Gasteiger partial charge in [-0.1, -0.05) is 74.9 Å². The molecule has 2 aromatic carbocycles. The van der Waals surface area contributed by atoms with Crippen molar-refractivity contribution in [3.05, 3.63) is 104 Å². The van der Waals surface area contributed by atoms with Crippen LogP contribution in [0.5, 0.6) is 0 Å². The van der Waals surface area contributed by atoms with Crippen molar-refractivity contribution >= 4 is 5.97 Å². The maximum Gasteiger partial charge on any atom is 0.367 e. The summed E-state index contributed by atoms with van der Waals surface area (Å²) < 4.78 is 20.8. The molecule has 0 spiro atoms. The maximum atomic E-state index is 13.5. The first-order valence-electron chi connectivity index (χ1n) is 11.8. The van der Waals surface area contributed by atoms with Gasteiger partial charge in [-0.3, -0.25) is 9.36 Å². The summed E-state index contributed by atoms with van der Waals surface area (Å²) in [7, 11) is 0. The van der Waals surface area contributed by atoms with Gasteiger partial charge in [-0.25, -0.2) is 14.0 Å². The Kier molecular flexibility index (Phi) is 8.95. The van der Waals surface area contributed by atoms with Crippen LogP contribution in [0, 0.1) is 11.7 Å². The minimum Gasteiger partial charge on any atom is -0.356 e. The zero-order chi connectivity index (χ0) is 26.4. The number of aromatic nitrogens is 2. The van der Waals surface area contributed by atoms with E-state index in [4.69, 9.17) is 15.3 Å². The van der Waals surface area contributed by atoms with Gasteiger partial charge in [0.25, 0.3) is 5.56 Å². The van der Waals surface area contributed by atoms with Crippen molar-refractivity contribution < 1.29 is 18.8 Å². The molecule has 1 heterocycles. The van der Waals surface area contributed by atoms with Crippen LogP contribution in [0.3, 0.4) is 0 Å². The van der Waals surface area contributed by atoms with Crippen LogP contribution in [0.25, 0.3) is 0 Å². The topological polar surface area (TPSA) is 106 Å². The van der Waals surface area contributed by atoms with Gasteiger partial charge in [-0.2, -0.15) is 0 Å². The second kappa shape index (κ2) is 11.9. The third-order valence-electron chi connectivity index (χ3n) is 5.82. The highest BCUT2D eigenvalue weighted by molar-refractivity contribution is 5.76. The van der Waals surface area contributed by atoms with E-state index in [0.717, 1.165) is 5.56 Å². The van der Waals surface area contributed by atoms with Crippen LogP contribution in [0.1, 0.15) is 56.0 Å². The Morgan fingerprint density at radius 3 is 2.19 bits per heavy atom. The van der Waals surface area contributed by atoms with E-state index in [9.17, 15) is 18.8 Å². The molecule has 0 aliphatic carbocycles. The van der Waals surface area contributed by atoms with Crippen molar-refractivity contribution in [2.75, 3.05) is 0 Å². The molecular weight excluding hydrogens is 465 g/mol. The first-order valence-corrected chi connectivity index (χ1v) is 11.8. The van der Waals surface area contributed by atoms with Crippen molar-refractivity contribution in [1.29, 1.82) is 0 Å². The Balaban J connectivity index is 2.08. The monoisotopic (exact) mass is 497 g/mol. The van der Waals surface area contributed by atoms with E-state index in [0.29, 0.717) is 28.0 Å². The van der Waals surface area contributed by atoms with E-state index >= 15 is 0 Å². The van der Waals surface area contributed by atoms with E-state index in [2.05, 4.69) is 0 Å². The number of nitrogens with zero attached hydrogens (tertiary/aromatic N) is 2. The molecule has 0 bridgehead atoms. The van der Waals surface area contributed by atoms with Gasteiger partial charge >= 0.3 is 11.7 Å². The van der Waals surface area contributed by atoms with Gasteiger partial charge < -0.3 is 15.3 Å². The predicted molar refractivity (Wildman–Crippen MR) is 134 cm³/mol. The Morgan fingerprint density at radius 1 is 0.972 bits per heavy atom. The second-order valence-electron chi connectivity index (χ2n) is 9.27. The summed E-state index contributed by atoms with van der Waals surface area (Å²) in [5.41, 5.74) is 6.72. The van der Waals surface area contributed by atoms with Gasteiger partial charge in [0.1, 0.15) is 18.6 Å². The van der Waals surface area contributed by atoms with E-state index in [1.54, 1.807) is 26.0 Å². The predicted octanol–water partition coefficient (Wildman–Crippen LogP) is 2.98. The Morgan fingerprint density at radius 2 is 1.61 bits per heavy atom. The molecule has 36 heavy (non-hydrogen) atoms. The SMILES string of the molecule is CC(C)c1c(Cc2ccccc2)n(COCc2ccc(F)cc2)c(=O)n(OC(=O)C(N)C(C)C)c1=O. The number of carbonyl (C=O) groups excluding carboxylic acids is 1. The molecule has 1 aromatic heterocycles. The van der Waals surface area contributed by atoms with Crippen molar-refractivity contribution in [1.82, 2.24) is 9.30 Å². The fourth-order valence-corrected chi connectivity index (χ4v) is 3.72. The fourth-order valence-electron chi connectivity index (χ4n) is 3.72. The van der Waals surface area contributed by atoms with Crippen molar-refractivity contribution in [3.63, 3.8) is 0 Å². The molecule has 3 rings (SSSR count). The smallest absolute Gasteiger partial charge is 0.356 e. The summed E-state index contributed by atoms with van der Waals surface area (Å²) in [5, 5.41) is 0. The third kappa shape index (κ3) is 6.35. The first kappa shape index (κ1) is 27.0. The fraction of sp³-hybridized carbons (Fsp3) is 0.370. The Hall–Kier alpha value is -3.56. The molecule has 0 fully saturated rings. The lowest BCUT2D eigenvalue weighted by molar-refractivity contribution is -0.148. The molecule has 192 valence electrons. The number of benzene rings is 2. The highest BCUT2D eigenvalue weighted by Crippen LogP contribution is 2.19. The average molecular weight is 498 g/mol. The summed E-state index contributed by atoms with van der Waals surface area (Å²) in [5.74, 6) is -1.79. The van der Waals surface area contributed by atoms with Crippen LogP contribution in [-0.2, 0) is 29.3 Å². The summed E-state index contributed by atoms with van der Waals surface area (Å²) in [4.78, 5) is 44.6. The number of carbonyl (C=O) groups is 1. The molecule has 0 amide bonds. The minimum atomic E-state index is -1.01. The molecule has 0 saturated carbocycles. The molecule has 8 nitrogen and oxygen atoms in total. The largest absolute Gasteiger partial charge is 0.367 e. The number of hydrogen-bond donors (Lipinski definition) is 1. The quantitative estimate of drug-likeness (QED) is 0.462. The van der Waals surface area contributed by atoms with E-state index < -0.39 is 23.3 Å². The molecule has 1 atom stereocenters. The minimum absolute atomic E-state index is 0.103. The highest BCUT2D eigenvalue weighted by Gasteiger charge is 2.26. The summed E-state index contributed by atoms with van der Waals surface area (Å²) >= 11 is 0. The number of hydrogen-bond acceptors (Lipinski definition) is 6. The number of ether oxygens (including phenoxy) is 1. The second-order valence-corrected chi connectivity index (χ2v) is 9.27.